The van der Waals surface area contributed by atoms with Gasteiger partial charge in [0, 0.05) is 44.2 Å². The van der Waals surface area contributed by atoms with Crippen LogP contribution in [0.3, 0.4) is 0 Å². The maximum absolute atomic E-state index is 14.0. The maximum Gasteiger partial charge on any atom is 0.227 e. The SMILES string of the molecule is O=C(Cc1cccnc1)N(CC1CCN(Cc2ccccc2F)CC1)C[C@@H]1CCCO1. The van der Waals surface area contributed by atoms with Gasteiger partial charge in [0.2, 0.25) is 5.91 Å². The van der Waals surface area contributed by atoms with Crippen LogP contribution in [0.25, 0.3) is 0 Å². The molecule has 166 valence electrons. The first-order valence-corrected chi connectivity index (χ1v) is 11.4. The Morgan fingerprint density at radius 2 is 1.97 bits per heavy atom. The van der Waals surface area contributed by atoms with Crippen LogP contribution in [0.4, 0.5) is 4.39 Å². The second-order valence-corrected chi connectivity index (χ2v) is 8.78. The average Bonchev–Trinajstić information content (AvgIpc) is 3.30. The van der Waals surface area contributed by atoms with E-state index in [1.165, 1.54) is 6.07 Å². The molecule has 2 fully saturated rings. The standard InChI is InChI=1S/C25H32FN3O2/c26-24-8-2-1-6-22(24)18-28-12-9-20(10-13-28)17-29(19-23-7-4-14-31-23)25(30)15-21-5-3-11-27-16-21/h1-3,5-6,8,11,16,20,23H,4,7,9-10,12-15,17-19H2/t23-/m0/s1. The Bertz CT molecular complexity index is 834. The molecular weight excluding hydrogens is 393 g/mol. The first-order chi connectivity index (χ1) is 15.2. The number of carbonyl (C=O) groups excluding carboxylic acids is 1. The molecule has 0 unspecified atom stereocenters. The number of pyridine rings is 1. The molecule has 3 heterocycles. The number of rotatable bonds is 8. The predicted molar refractivity (Wildman–Crippen MR) is 118 cm³/mol. The number of likely N-dealkylation sites (tertiary alicyclic amines) is 1. The normalized spacial score (nSPS) is 20.1. The Balaban J connectivity index is 1.32. The first kappa shape index (κ1) is 21.9. The van der Waals surface area contributed by atoms with Gasteiger partial charge in [-0.05, 0) is 62.4 Å². The van der Waals surface area contributed by atoms with E-state index in [0.29, 0.717) is 25.4 Å². The zero-order valence-electron chi connectivity index (χ0n) is 18.1. The molecule has 2 aliphatic heterocycles. The lowest BCUT2D eigenvalue weighted by Crippen LogP contribution is -2.44. The van der Waals surface area contributed by atoms with E-state index >= 15 is 0 Å². The third-order valence-electron chi connectivity index (χ3n) is 6.42. The molecule has 0 spiro atoms. The lowest BCUT2D eigenvalue weighted by Gasteiger charge is -2.35. The average molecular weight is 426 g/mol. The van der Waals surface area contributed by atoms with Crippen molar-refractivity contribution in [3.63, 3.8) is 0 Å². The molecule has 6 heteroatoms. The van der Waals surface area contributed by atoms with Crippen LogP contribution in [0.5, 0.6) is 0 Å². The van der Waals surface area contributed by atoms with Crippen LogP contribution in [-0.4, -0.2) is 59.6 Å². The molecule has 2 aliphatic rings. The largest absolute Gasteiger partial charge is 0.376 e. The van der Waals surface area contributed by atoms with Crippen molar-refractivity contribution < 1.29 is 13.9 Å². The summed E-state index contributed by atoms with van der Waals surface area (Å²) in [5.41, 5.74) is 1.71. The summed E-state index contributed by atoms with van der Waals surface area (Å²) >= 11 is 0. The number of aromatic nitrogens is 1. The van der Waals surface area contributed by atoms with Gasteiger partial charge in [0.25, 0.3) is 0 Å². The molecular formula is C25H32FN3O2. The smallest absolute Gasteiger partial charge is 0.227 e. The fourth-order valence-corrected chi connectivity index (χ4v) is 4.61. The van der Waals surface area contributed by atoms with Crippen molar-refractivity contribution in [2.24, 2.45) is 5.92 Å². The van der Waals surface area contributed by atoms with Crippen LogP contribution >= 0.6 is 0 Å². The summed E-state index contributed by atoms with van der Waals surface area (Å²) in [5.74, 6) is 0.488. The summed E-state index contributed by atoms with van der Waals surface area (Å²) in [6.45, 7) is 4.76. The van der Waals surface area contributed by atoms with E-state index in [4.69, 9.17) is 4.74 Å². The molecule has 0 aliphatic carbocycles. The van der Waals surface area contributed by atoms with Gasteiger partial charge >= 0.3 is 0 Å². The van der Waals surface area contributed by atoms with E-state index in [-0.39, 0.29) is 17.8 Å². The van der Waals surface area contributed by atoms with Crippen molar-refractivity contribution >= 4 is 5.91 Å². The first-order valence-electron chi connectivity index (χ1n) is 11.4. The fourth-order valence-electron chi connectivity index (χ4n) is 4.61. The second-order valence-electron chi connectivity index (χ2n) is 8.78. The molecule has 1 atom stereocenters. The lowest BCUT2D eigenvalue weighted by atomic mass is 9.95. The topological polar surface area (TPSA) is 45.7 Å². The Hall–Kier alpha value is -2.31. The number of benzene rings is 1. The Labute approximate surface area is 184 Å². The number of hydrogen-bond acceptors (Lipinski definition) is 4. The van der Waals surface area contributed by atoms with Crippen molar-refractivity contribution in [1.29, 1.82) is 0 Å². The minimum absolute atomic E-state index is 0.131. The lowest BCUT2D eigenvalue weighted by molar-refractivity contribution is -0.133. The highest BCUT2D eigenvalue weighted by Crippen LogP contribution is 2.23. The third-order valence-corrected chi connectivity index (χ3v) is 6.42. The van der Waals surface area contributed by atoms with Gasteiger partial charge in [-0.1, -0.05) is 24.3 Å². The van der Waals surface area contributed by atoms with Gasteiger partial charge in [0.1, 0.15) is 5.82 Å². The summed E-state index contributed by atoms with van der Waals surface area (Å²) in [6.07, 6.45) is 8.18. The van der Waals surface area contributed by atoms with Gasteiger partial charge in [-0.3, -0.25) is 14.7 Å². The number of carbonyl (C=O) groups is 1. The number of halogens is 1. The molecule has 1 aromatic heterocycles. The monoisotopic (exact) mass is 425 g/mol. The van der Waals surface area contributed by atoms with E-state index in [9.17, 15) is 9.18 Å². The Morgan fingerprint density at radius 3 is 2.68 bits per heavy atom. The summed E-state index contributed by atoms with van der Waals surface area (Å²) in [4.78, 5) is 21.6. The molecule has 0 radical (unpaired) electrons. The summed E-state index contributed by atoms with van der Waals surface area (Å²) in [5, 5.41) is 0. The van der Waals surface area contributed by atoms with E-state index < -0.39 is 0 Å². The zero-order chi connectivity index (χ0) is 21.5. The minimum Gasteiger partial charge on any atom is -0.376 e. The van der Waals surface area contributed by atoms with Crippen LogP contribution < -0.4 is 0 Å². The van der Waals surface area contributed by atoms with Crippen LogP contribution in [-0.2, 0) is 22.5 Å². The van der Waals surface area contributed by atoms with Crippen molar-refractivity contribution in [3.8, 4) is 0 Å². The van der Waals surface area contributed by atoms with Gasteiger partial charge < -0.3 is 9.64 Å². The quantitative estimate of drug-likeness (QED) is 0.647. The highest BCUT2D eigenvalue weighted by molar-refractivity contribution is 5.78. The number of ether oxygens (including phenoxy) is 1. The van der Waals surface area contributed by atoms with E-state index in [1.54, 1.807) is 18.5 Å². The minimum atomic E-state index is -0.131. The summed E-state index contributed by atoms with van der Waals surface area (Å²) in [7, 11) is 0. The number of piperidine rings is 1. The molecule has 2 saturated heterocycles. The number of amides is 1. The van der Waals surface area contributed by atoms with Gasteiger partial charge in [0.05, 0.1) is 12.5 Å². The second kappa shape index (κ2) is 10.8. The molecule has 4 rings (SSSR count). The van der Waals surface area contributed by atoms with E-state index in [0.717, 1.165) is 63.1 Å². The molecule has 1 aromatic carbocycles. The molecule has 0 saturated carbocycles. The molecule has 1 amide bonds. The molecule has 31 heavy (non-hydrogen) atoms. The number of hydrogen-bond donors (Lipinski definition) is 0. The van der Waals surface area contributed by atoms with Crippen LogP contribution in [0.15, 0.2) is 48.8 Å². The molecule has 0 bridgehead atoms. The van der Waals surface area contributed by atoms with Crippen molar-refractivity contribution in [2.45, 2.75) is 44.8 Å². The van der Waals surface area contributed by atoms with Crippen molar-refractivity contribution in [2.75, 3.05) is 32.8 Å². The van der Waals surface area contributed by atoms with Crippen LogP contribution in [0.1, 0.15) is 36.8 Å². The van der Waals surface area contributed by atoms with E-state index in [1.807, 2.05) is 29.2 Å². The van der Waals surface area contributed by atoms with Gasteiger partial charge in [0.15, 0.2) is 0 Å². The van der Waals surface area contributed by atoms with Crippen LogP contribution in [0, 0.1) is 11.7 Å². The number of nitrogens with zero attached hydrogens (tertiary/aromatic N) is 3. The zero-order valence-corrected chi connectivity index (χ0v) is 18.1. The van der Waals surface area contributed by atoms with Crippen molar-refractivity contribution in [1.82, 2.24) is 14.8 Å². The summed E-state index contributed by atoms with van der Waals surface area (Å²) in [6, 6.07) is 10.8. The van der Waals surface area contributed by atoms with Crippen molar-refractivity contribution in [3.05, 3.63) is 65.7 Å². The van der Waals surface area contributed by atoms with Gasteiger partial charge in [-0.25, -0.2) is 4.39 Å². The summed E-state index contributed by atoms with van der Waals surface area (Å²) < 4.78 is 19.8. The van der Waals surface area contributed by atoms with Crippen LogP contribution in [0.2, 0.25) is 0 Å². The highest BCUT2D eigenvalue weighted by Gasteiger charge is 2.27. The molecule has 5 nitrogen and oxygen atoms in total. The van der Waals surface area contributed by atoms with Gasteiger partial charge in [-0.2, -0.15) is 0 Å². The molecule has 0 N–H and O–H groups in total. The maximum atomic E-state index is 14.0. The van der Waals surface area contributed by atoms with Gasteiger partial charge in [-0.15, -0.1) is 0 Å². The highest BCUT2D eigenvalue weighted by atomic mass is 19.1. The van der Waals surface area contributed by atoms with E-state index in [2.05, 4.69) is 9.88 Å². The molecule has 2 aromatic rings. The predicted octanol–water partition coefficient (Wildman–Crippen LogP) is 3.68. The third kappa shape index (κ3) is 6.34. The fraction of sp³-hybridized carbons (Fsp3) is 0.520. The Kier molecular flexibility index (Phi) is 7.65. The Morgan fingerprint density at radius 1 is 1.13 bits per heavy atom.